The monoisotopic (exact) mass is 752 g/mol. The maximum absolute atomic E-state index is 5.32. The summed E-state index contributed by atoms with van der Waals surface area (Å²) < 4.78 is 0. The minimum atomic E-state index is -0.0781. The molecule has 9 aromatic carbocycles. The van der Waals surface area contributed by atoms with Crippen LogP contribution in [0, 0.1) is 0 Å². The van der Waals surface area contributed by atoms with Crippen LogP contribution in [0.4, 0.5) is 0 Å². The molecule has 10 aromatic rings. The van der Waals surface area contributed by atoms with Gasteiger partial charge in [-0.25, -0.2) is 9.97 Å². The molecule has 1 aliphatic carbocycles. The summed E-state index contributed by atoms with van der Waals surface area (Å²) >= 11 is 0. The summed E-state index contributed by atoms with van der Waals surface area (Å²) in [5, 5.41) is 4.92. The van der Waals surface area contributed by atoms with Crippen molar-refractivity contribution in [3.8, 4) is 78.4 Å². The van der Waals surface area contributed by atoms with Crippen LogP contribution in [0.3, 0.4) is 0 Å². The molecule has 11 rings (SSSR count). The third kappa shape index (κ3) is 6.04. The Kier molecular flexibility index (Phi) is 8.20. The number of hydrogen-bond acceptors (Lipinski definition) is 2. The summed E-state index contributed by atoms with van der Waals surface area (Å²) in [6.45, 7) is 4.71. The number of hydrogen-bond donors (Lipinski definition) is 0. The Bertz CT molecular complexity index is 3100. The lowest BCUT2D eigenvalue weighted by Crippen LogP contribution is -2.14. The SMILES string of the molecule is CC1(C)c2ccc(-c3ccc(-c4cc(-c5ccc(-c6ccccc6)cc5)nc(-c5ccc(-c6ccccc6)cc5)n4)c4ccccc34)cc2-c2cc3ccccc3cc21. The van der Waals surface area contributed by atoms with Crippen molar-refractivity contribution >= 4 is 21.5 Å². The van der Waals surface area contributed by atoms with E-state index < -0.39 is 0 Å². The van der Waals surface area contributed by atoms with Gasteiger partial charge in [0, 0.05) is 22.1 Å². The first-order valence-corrected chi connectivity index (χ1v) is 20.4. The largest absolute Gasteiger partial charge is 0.228 e. The summed E-state index contributed by atoms with van der Waals surface area (Å²) in [5.74, 6) is 0.699. The van der Waals surface area contributed by atoms with Crippen LogP contribution in [-0.2, 0) is 5.41 Å². The average Bonchev–Trinajstić information content (AvgIpc) is 3.52. The fraction of sp³-hybridized carbons (Fsp3) is 0.0526. The lowest BCUT2D eigenvalue weighted by Gasteiger charge is -2.22. The van der Waals surface area contributed by atoms with E-state index in [9.17, 15) is 0 Å². The molecule has 0 aliphatic heterocycles. The Morgan fingerprint density at radius 1 is 0.305 bits per heavy atom. The maximum Gasteiger partial charge on any atom is 0.160 e. The van der Waals surface area contributed by atoms with Gasteiger partial charge in [0.2, 0.25) is 0 Å². The van der Waals surface area contributed by atoms with E-state index >= 15 is 0 Å². The predicted molar refractivity (Wildman–Crippen MR) is 247 cm³/mol. The van der Waals surface area contributed by atoms with Gasteiger partial charge in [-0.05, 0) is 101 Å². The lowest BCUT2D eigenvalue weighted by molar-refractivity contribution is 0.661. The fourth-order valence-corrected chi connectivity index (χ4v) is 9.15. The first-order chi connectivity index (χ1) is 29.0. The van der Waals surface area contributed by atoms with Crippen LogP contribution in [0.1, 0.15) is 25.0 Å². The molecule has 0 spiro atoms. The highest BCUT2D eigenvalue weighted by atomic mass is 14.9. The molecule has 2 nitrogen and oxygen atoms in total. The Morgan fingerprint density at radius 2 is 0.780 bits per heavy atom. The molecule has 0 atom stereocenters. The van der Waals surface area contributed by atoms with Gasteiger partial charge in [0.15, 0.2) is 5.82 Å². The molecule has 1 aromatic heterocycles. The Hall–Kier alpha value is -7.42. The van der Waals surface area contributed by atoms with E-state index in [4.69, 9.17) is 9.97 Å². The van der Waals surface area contributed by atoms with Crippen LogP contribution >= 0.6 is 0 Å². The number of fused-ring (bicyclic) bond motifs is 5. The van der Waals surface area contributed by atoms with Gasteiger partial charge in [0.05, 0.1) is 11.4 Å². The molecule has 1 heterocycles. The molecule has 278 valence electrons. The normalized spacial score (nSPS) is 12.7. The van der Waals surface area contributed by atoms with Crippen molar-refractivity contribution in [3.05, 3.63) is 217 Å². The molecule has 1 aliphatic rings. The van der Waals surface area contributed by atoms with Crippen molar-refractivity contribution in [2.45, 2.75) is 19.3 Å². The Labute approximate surface area is 345 Å². The van der Waals surface area contributed by atoms with Gasteiger partial charge >= 0.3 is 0 Å². The van der Waals surface area contributed by atoms with Crippen molar-refractivity contribution in [1.29, 1.82) is 0 Å². The highest BCUT2D eigenvalue weighted by Gasteiger charge is 2.36. The molecule has 0 unspecified atom stereocenters. The molecule has 59 heavy (non-hydrogen) atoms. The van der Waals surface area contributed by atoms with E-state index in [1.54, 1.807) is 0 Å². The zero-order valence-electron chi connectivity index (χ0n) is 33.0. The molecule has 0 saturated carbocycles. The maximum atomic E-state index is 5.32. The minimum Gasteiger partial charge on any atom is -0.228 e. The standard InChI is InChI=1S/C57H40N2/c1-57(2)52-32-29-45(34-50(52)51-33-43-17-9-10-18-44(43)35-53(51)57)46-30-31-49(48-20-12-11-19-47(46)48)55-36-54(41-25-21-39(22-26-41)37-13-5-3-6-14-37)58-56(59-55)42-27-23-40(24-28-42)38-15-7-4-8-16-38/h3-36H,1-2H3. The van der Waals surface area contributed by atoms with E-state index in [2.05, 4.69) is 214 Å². The molecule has 0 saturated heterocycles. The van der Waals surface area contributed by atoms with Gasteiger partial charge in [-0.2, -0.15) is 0 Å². The van der Waals surface area contributed by atoms with Crippen LogP contribution in [0.25, 0.3) is 100.0 Å². The average molecular weight is 753 g/mol. The molecule has 0 radical (unpaired) electrons. The first-order valence-electron chi connectivity index (χ1n) is 20.4. The summed E-state index contributed by atoms with van der Waals surface area (Å²) in [6, 6.07) is 74.3. The van der Waals surface area contributed by atoms with E-state index in [1.807, 2.05) is 6.07 Å². The van der Waals surface area contributed by atoms with Crippen molar-refractivity contribution in [2.24, 2.45) is 0 Å². The second-order valence-corrected chi connectivity index (χ2v) is 16.2. The Balaban J connectivity index is 1.04. The molecule has 2 heteroatoms. The zero-order chi connectivity index (χ0) is 39.5. The summed E-state index contributed by atoms with van der Waals surface area (Å²) in [5.41, 5.74) is 17.4. The van der Waals surface area contributed by atoms with E-state index in [0.717, 1.165) is 39.0 Å². The summed E-state index contributed by atoms with van der Waals surface area (Å²) in [6.07, 6.45) is 0. The van der Waals surface area contributed by atoms with Crippen LogP contribution < -0.4 is 0 Å². The fourth-order valence-electron chi connectivity index (χ4n) is 9.15. The topological polar surface area (TPSA) is 25.8 Å². The third-order valence-electron chi connectivity index (χ3n) is 12.3. The number of benzene rings is 9. The van der Waals surface area contributed by atoms with Crippen molar-refractivity contribution in [3.63, 3.8) is 0 Å². The summed E-state index contributed by atoms with van der Waals surface area (Å²) in [7, 11) is 0. The van der Waals surface area contributed by atoms with Crippen LogP contribution in [0.15, 0.2) is 206 Å². The van der Waals surface area contributed by atoms with E-state index in [0.29, 0.717) is 5.82 Å². The molecule has 0 bridgehead atoms. The Morgan fingerprint density at radius 3 is 1.44 bits per heavy atom. The highest BCUT2D eigenvalue weighted by molar-refractivity contribution is 6.05. The summed E-state index contributed by atoms with van der Waals surface area (Å²) in [4.78, 5) is 10.5. The smallest absolute Gasteiger partial charge is 0.160 e. The molecular weight excluding hydrogens is 713 g/mol. The molecular formula is C57H40N2. The molecule has 0 amide bonds. The van der Waals surface area contributed by atoms with Gasteiger partial charge in [-0.1, -0.05) is 196 Å². The predicted octanol–water partition coefficient (Wildman–Crippen LogP) is 15.1. The van der Waals surface area contributed by atoms with Crippen molar-refractivity contribution in [1.82, 2.24) is 9.97 Å². The van der Waals surface area contributed by atoms with Gasteiger partial charge in [-0.3, -0.25) is 0 Å². The minimum absolute atomic E-state index is 0.0781. The van der Waals surface area contributed by atoms with Gasteiger partial charge < -0.3 is 0 Å². The van der Waals surface area contributed by atoms with Gasteiger partial charge in [0.1, 0.15) is 0 Å². The second kappa shape index (κ2) is 13.9. The van der Waals surface area contributed by atoms with E-state index in [-0.39, 0.29) is 5.41 Å². The number of nitrogens with zero attached hydrogens (tertiary/aromatic N) is 2. The molecule has 0 fully saturated rings. The highest BCUT2D eigenvalue weighted by Crippen LogP contribution is 2.51. The molecule has 0 N–H and O–H groups in total. The zero-order valence-corrected chi connectivity index (χ0v) is 33.0. The van der Waals surface area contributed by atoms with Gasteiger partial charge in [0.25, 0.3) is 0 Å². The van der Waals surface area contributed by atoms with E-state index in [1.165, 1.54) is 66.2 Å². The lowest BCUT2D eigenvalue weighted by atomic mass is 9.81. The van der Waals surface area contributed by atoms with Crippen LogP contribution in [0.5, 0.6) is 0 Å². The van der Waals surface area contributed by atoms with Crippen molar-refractivity contribution in [2.75, 3.05) is 0 Å². The third-order valence-corrected chi connectivity index (χ3v) is 12.3. The quantitative estimate of drug-likeness (QED) is 0.169. The number of rotatable bonds is 6. The van der Waals surface area contributed by atoms with Crippen LogP contribution in [-0.4, -0.2) is 9.97 Å². The van der Waals surface area contributed by atoms with Crippen molar-refractivity contribution < 1.29 is 0 Å². The second-order valence-electron chi connectivity index (χ2n) is 16.2. The number of aromatic nitrogens is 2. The first kappa shape index (κ1) is 34.8. The van der Waals surface area contributed by atoms with Crippen LogP contribution in [0.2, 0.25) is 0 Å². The van der Waals surface area contributed by atoms with Gasteiger partial charge in [-0.15, -0.1) is 0 Å².